The van der Waals surface area contributed by atoms with Crippen LogP contribution >= 0.6 is 11.8 Å². The summed E-state index contributed by atoms with van der Waals surface area (Å²) in [4.78, 5) is 16.4. The maximum absolute atomic E-state index is 13.6. The van der Waals surface area contributed by atoms with Gasteiger partial charge in [0.05, 0.1) is 16.8 Å². The lowest BCUT2D eigenvalue weighted by molar-refractivity contribution is -0.113. The Labute approximate surface area is 144 Å². The van der Waals surface area contributed by atoms with Crippen molar-refractivity contribution in [1.82, 2.24) is 19.6 Å². The number of nitrogens with zero attached hydrogens (tertiary/aromatic N) is 3. The van der Waals surface area contributed by atoms with E-state index in [0.29, 0.717) is 10.9 Å². The van der Waals surface area contributed by atoms with Gasteiger partial charge in [-0.3, -0.25) is 9.20 Å². The van der Waals surface area contributed by atoms with Crippen LogP contribution in [0.25, 0.3) is 16.8 Å². The number of benzene rings is 2. The van der Waals surface area contributed by atoms with Crippen molar-refractivity contribution in [3.8, 4) is 0 Å². The largest absolute Gasteiger partial charge is 0.320 e. The number of carbonyl (C=O) groups is 1. The molecule has 0 spiro atoms. The summed E-state index contributed by atoms with van der Waals surface area (Å²) >= 11 is 1.14. The van der Waals surface area contributed by atoms with Gasteiger partial charge in [-0.15, -0.1) is 5.10 Å². The molecule has 0 radical (unpaired) electrons. The van der Waals surface area contributed by atoms with Crippen LogP contribution in [0, 0.1) is 11.6 Å². The summed E-state index contributed by atoms with van der Waals surface area (Å²) < 4.78 is 28.9. The molecule has 0 fully saturated rings. The molecule has 0 unspecified atom stereocenters. The van der Waals surface area contributed by atoms with Gasteiger partial charge < -0.3 is 5.32 Å². The number of amides is 1. The van der Waals surface area contributed by atoms with Crippen LogP contribution in [-0.4, -0.2) is 31.2 Å². The Bertz CT molecular complexity index is 1070. The van der Waals surface area contributed by atoms with Crippen LogP contribution < -0.4 is 5.32 Å². The fraction of sp³-hybridized carbons (Fsp3) is 0.0625. The molecule has 9 heteroatoms. The lowest BCUT2D eigenvalue weighted by Crippen LogP contribution is -2.16. The Morgan fingerprint density at radius 1 is 1.16 bits per heavy atom. The van der Waals surface area contributed by atoms with Crippen LogP contribution in [0.1, 0.15) is 0 Å². The van der Waals surface area contributed by atoms with Crippen molar-refractivity contribution in [2.24, 2.45) is 0 Å². The molecule has 0 aliphatic heterocycles. The number of thioether (sulfide) groups is 1. The molecule has 2 aromatic carbocycles. The van der Waals surface area contributed by atoms with Crippen LogP contribution in [0.4, 0.5) is 14.5 Å². The van der Waals surface area contributed by atoms with E-state index >= 15 is 0 Å². The average molecular weight is 359 g/mol. The SMILES string of the molecule is O=C(CSc1n[nH]c2nc3ccccc3n12)Nc1c(F)cccc1F. The number of hydrogen-bond acceptors (Lipinski definition) is 4. The van der Waals surface area contributed by atoms with Gasteiger partial charge in [-0.2, -0.15) is 0 Å². The number of para-hydroxylation sites is 3. The van der Waals surface area contributed by atoms with Gasteiger partial charge in [0.15, 0.2) is 5.16 Å². The van der Waals surface area contributed by atoms with Crippen molar-refractivity contribution in [2.75, 3.05) is 11.1 Å². The van der Waals surface area contributed by atoms with Crippen LogP contribution in [0.3, 0.4) is 0 Å². The van der Waals surface area contributed by atoms with Crippen molar-refractivity contribution in [3.63, 3.8) is 0 Å². The number of nitrogens with one attached hydrogen (secondary N) is 2. The van der Waals surface area contributed by atoms with E-state index in [9.17, 15) is 13.6 Å². The zero-order valence-electron chi connectivity index (χ0n) is 12.7. The first-order valence-corrected chi connectivity index (χ1v) is 8.30. The summed E-state index contributed by atoms with van der Waals surface area (Å²) in [5.74, 6) is -1.67. The van der Waals surface area contributed by atoms with E-state index in [0.717, 1.165) is 34.9 Å². The van der Waals surface area contributed by atoms with Crippen LogP contribution in [0.2, 0.25) is 0 Å². The van der Waals surface area contributed by atoms with E-state index in [1.807, 2.05) is 24.3 Å². The van der Waals surface area contributed by atoms with E-state index in [1.165, 1.54) is 6.07 Å². The van der Waals surface area contributed by atoms with E-state index in [1.54, 1.807) is 4.40 Å². The van der Waals surface area contributed by atoms with Gasteiger partial charge in [-0.25, -0.2) is 18.9 Å². The quantitative estimate of drug-likeness (QED) is 0.549. The molecule has 0 bridgehead atoms. The van der Waals surface area contributed by atoms with E-state index in [-0.39, 0.29) is 5.75 Å². The normalized spacial score (nSPS) is 11.3. The fourth-order valence-electron chi connectivity index (χ4n) is 2.46. The number of aromatic nitrogens is 4. The summed E-state index contributed by atoms with van der Waals surface area (Å²) in [6.45, 7) is 0. The molecule has 2 N–H and O–H groups in total. The summed E-state index contributed by atoms with van der Waals surface area (Å²) in [5, 5.41) is 9.71. The second-order valence-corrected chi connectivity index (χ2v) is 6.14. The zero-order chi connectivity index (χ0) is 17.4. The van der Waals surface area contributed by atoms with Gasteiger partial charge in [0.25, 0.3) is 0 Å². The van der Waals surface area contributed by atoms with Crippen molar-refractivity contribution in [3.05, 3.63) is 54.1 Å². The molecule has 0 aliphatic carbocycles. The number of carbonyl (C=O) groups excluding carboxylic acids is 1. The third kappa shape index (κ3) is 2.82. The summed E-state index contributed by atoms with van der Waals surface area (Å²) in [6.07, 6.45) is 0. The van der Waals surface area contributed by atoms with Gasteiger partial charge in [-0.1, -0.05) is 30.0 Å². The number of hydrogen-bond donors (Lipinski definition) is 2. The Balaban J connectivity index is 1.53. The molecule has 25 heavy (non-hydrogen) atoms. The molecular formula is C16H11F2N5OS. The predicted octanol–water partition coefficient (Wildman–Crippen LogP) is 3.22. The highest BCUT2D eigenvalue weighted by molar-refractivity contribution is 7.99. The molecule has 2 heterocycles. The summed E-state index contributed by atoms with van der Waals surface area (Å²) in [7, 11) is 0. The number of halogens is 2. The first kappa shape index (κ1) is 15.6. The standard InChI is InChI=1S/C16H11F2N5OS/c17-9-4-3-5-10(18)14(9)20-13(24)8-25-16-22-21-15-19-11-6-1-2-7-12(11)23(15)16/h1-7H,8H2,(H,19,21)(H,20,24). The molecule has 1 amide bonds. The van der Waals surface area contributed by atoms with E-state index in [4.69, 9.17) is 0 Å². The van der Waals surface area contributed by atoms with Crippen LogP contribution in [-0.2, 0) is 4.79 Å². The lowest BCUT2D eigenvalue weighted by Gasteiger charge is -2.06. The zero-order valence-corrected chi connectivity index (χ0v) is 13.5. The second-order valence-electron chi connectivity index (χ2n) is 5.20. The predicted molar refractivity (Wildman–Crippen MR) is 90.6 cm³/mol. The van der Waals surface area contributed by atoms with Gasteiger partial charge >= 0.3 is 0 Å². The smallest absolute Gasteiger partial charge is 0.235 e. The van der Waals surface area contributed by atoms with E-state index < -0.39 is 23.2 Å². The maximum atomic E-state index is 13.6. The highest BCUT2D eigenvalue weighted by atomic mass is 32.2. The number of H-pyrrole nitrogens is 1. The molecule has 4 rings (SSSR count). The lowest BCUT2D eigenvalue weighted by atomic mass is 10.3. The van der Waals surface area contributed by atoms with Gasteiger partial charge in [-0.05, 0) is 24.3 Å². The first-order valence-electron chi connectivity index (χ1n) is 7.32. The minimum absolute atomic E-state index is 0.0553. The maximum Gasteiger partial charge on any atom is 0.235 e. The molecule has 2 aromatic heterocycles. The topological polar surface area (TPSA) is 75.1 Å². The van der Waals surface area contributed by atoms with Gasteiger partial charge in [0, 0.05) is 0 Å². The monoisotopic (exact) mass is 359 g/mol. The second kappa shape index (κ2) is 6.17. The van der Waals surface area contributed by atoms with Gasteiger partial charge in [0.1, 0.15) is 17.3 Å². The third-order valence-electron chi connectivity index (χ3n) is 3.56. The Kier molecular flexibility index (Phi) is 3.85. The Hall–Kier alpha value is -2.94. The van der Waals surface area contributed by atoms with Crippen molar-refractivity contribution in [1.29, 1.82) is 0 Å². The van der Waals surface area contributed by atoms with Crippen LogP contribution in [0.15, 0.2) is 47.6 Å². The van der Waals surface area contributed by atoms with E-state index in [2.05, 4.69) is 20.5 Å². The Morgan fingerprint density at radius 3 is 2.72 bits per heavy atom. The van der Waals surface area contributed by atoms with Gasteiger partial charge in [0.2, 0.25) is 11.7 Å². The first-order chi connectivity index (χ1) is 12.1. The highest BCUT2D eigenvalue weighted by Crippen LogP contribution is 2.23. The number of aromatic amines is 1. The molecular weight excluding hydrogens is 348 g/mol. The van der Waals surface area contributed by atoms with Crippen molar-refractivity contribution in [2.45, 2.75) is 5.16 Å². The molecule has 0 aliphatic rings. The van der Waals surface area contributed by atoms with Crippen molar-refractivity contribution < 1.29 is 13.6 Å². The minimum atomic E-state index is -0.818. The highest BCUT2D eigenvalue weighted by Gasteiger charge is 2.15. The fourth-order valence-corrected chi connectivity index (χ4v) is 3.22. The molecule has 0 atom stereocenters. The molecule has 0 saturated heterocycles. The van der Waals surface area contributed by atoms with Crippen molar-refractivity contribution >= 4 is 40.2 Å². The minimum Gasteiger partial charge on any atom is -0.320 e. The molecule has 4 aromatic rings. The third-order valence-corrected chi connectivity index (χ3v) is 4.50. The molecule has 0 saturated carbocycles. The molecule has 6 nitrogen and oxygen atoms in total. The summed E-state index contributed by atoms with van der Waals surface area (Å²) in [5.41, 5.74) is 1.21. The number of rotatable bonds is 4. The number of imidazole rings is 1. The Morgan fingerprint density at radius 2 is 1.92 bits per heavy atom. The van der Waals surface area contributed by atoms with Crippen LogP contribution in [0.5, 0.6) is 0 Å². The average Bonchev–Trinajstić information content (AvgIpc) is 3.15. The summed E-state index contributed by atoms with van der Waals surface area (Å²) in [6, 6.07) is 10.9. The number of anilines is 1. The number of fused-ring (bicyclic) bond motifs is 3. The molecule has 126 valence electrons.